The van der Waals surface area contributed by atoms with Crippen LogP contribution in [0.5, 0.6) is 0 Å². The second kappa shape index (κ2) is 9.25. The van der Waals surface area contributed by atoms with Crippen molar-refractivity contribution in [2.75, 3.05) is 6.54 Å². The maximum atomic E-state index is 12.3. The van der Waals surface area contributed by atoms with Crippen LogP contribution in [-0.2, 0) is 16.1 Å². The summed E-state index contributed by atoms with van der Waals surface area (Å²) in [5.74, 6) is -0.249. The molecule has 0 atom stereocenters. The molecule has 0 aliphatic heterocycles. The molecule has 3 rings (SSSR count). The first kappa shape index (κ1) is 19.0. The Hall–Kier alpha value is -2.77. The summed E-state index contributed by atoms with van der Waals surface area (Å²) in [6.07, 6.45) is 6.03. The normalized spacial score (nSPS) is 14.8. The molecular weight excluding hydrogens is 346 g/mol. The lowest BCUT2D eigenvalue weighted by atomic mass is 9.95. The van der Waals surface area contributed by atoms with E-state index in [0.717, 1.165) is 12.8 Å². The first-order valence-corrected chi connectivity index (χ1v) is 9.52. The topological polar surface area (TPSA) is 106 Å². The van der Waals surface area contributed by atoms with Gasteiger partial charge in [0.1, 0.15) is 5.52 Å². The number of aryl methyl sites for hydroxylation is 1. The highest BCUT2D eigenvalue weighted by Crippen LogP contribution is 2.17. The van der Waals surface area contributed by atoms with E-state index < -0.39 is 0 Å². The molecule has 144 valence electrons. The van der Waals surface area contributed by atoms with Crippen LogP contribution in [0.3, 0.4) is 0 Å². The molecule has 1 aromatic heterocycles. The van der Waals surface area contributed by atoms with Gasteiger partial charge in [-0.05, 0) is 25.0 Å². The van der Waals surface area contributed by atoms with Gasteiger partial charge in [0.05, 0.1) is 11.9 Å². The fraction of sp³-hybridized carbons (Fsp3) is 0.526. The number of carbonyl (C=O) groups excluding carboxylic acids is 2. The number of nitrogens with zero attached hydrogens (tertiary/aromatic N) is 3. The lowest BCUT2D eigenvalue weighted by Gasteiger charge is -2.22. The zero-order valence-electron chi connectivity index (χ0n) is 15.3. The fourth-order valence-corrected chi connectivity index (χ4v) is 3.33. The van der Waals surface area contributed by atoms with Crippen molar-refractivity contribution in [3.8, 4) is 0 Å². The maximum Gasteiger partial charge on any atom is 0.277 e. The predicted octanol–water partition coefficient (Wildman–Crippen LogP) is 1.14. The number of aromatic nitrogens is 3. The van der Waals surface area contributed by atoms with Crippen LogP contribution < -0.4 is 16.2 Å². The van der Waals surface area contributed by atoms with E-state index in [0.29, 0.717) is 10.9 Å². The highest BCUT2D eigenvalue weighted by molar-refractivity contribution is 5.79. The number of rotatable bonds is 7. The highest BCUT2D eigenvalue weighted by Gasteiger charge is 2.15. The second-order valence-corrected chi connectivity index (χ2v) is 6.89. The molecule has 0 unspecified atom stereocenters. The molecule has 1 aromatic carbocycles. The molecule has 1 saturated carbocycles. The minimum absolute atomic E-state index is 0.0289. The SMILES string of the molecule is O=C(CCn1nnc2ccccc2c1=O)NCCC(=O)NC1CCCCC1. The van der Waals surface area contributed by atoms with Crippen LogP contribution in [0.4, 0.5) is 0 Å². The van der Waals surface area contributed by atoms with Crippen LogP contribution in [0.25, 0.3) is 10.9 Å². The van der Waals surface area contributed by atoms with Crippen molar-refractivity contribution in [2.45, 2.75) is 57.5 Å². The third-order valence-electron chi connectivity index (χ3n) is 4.82. The zero-order chi connectivity index (χ0) is 19.1. The van der Waals surface area contributed by atoms with E-state index in [-0.39, 0.29) is 49.3 Å². The van der Waals surface area contributed by atoms with Gasteiger partial charge in [0.15, 0.2) is 0 Å². The van der Waals surface area contributed by atoms with Gasteiger partial charge in [0.2, 0.25) is 11.8 Å². The standard InChI is InChI=1S/C19H25N5O3/c25-17(20-12-10-18(26)21-14-6-2-1-3-7-14)11-13-24-19(27)15-8-4-5-9-16(15)22-23-24/h4-5,8-9,14H,1-3,6-7,10-13H2,(H,20,25)(H,21,26). The van der Waals surface area contributed by atoms with Crippen molar-refractivity contribution < 1.29 is 9.59 Å². The summed E-state index contributed by atoms with van der Waals surface area (Å²) < 4.78 is 1.19. The van der Waals surface area contributed by atoms with Gasteiger partial charge < -0.3 is 10.6 Å². The van der Waals surface area contributed by atoms with Crippen LogP contribution in [0.15, 0.2) is 29.1 Å². The van der Waals surface area contributed by atoms with Crippen molar-refractivity contribution in [2.24, 2.45) is 0 Å². The van der Waals surface area contributed by atoms with Gasteiger partial charge in [-0.1, -0.05) is 36.6 Å². The first-order chi connectivity index (χ1) is 13.1. The van der Waals surface area contributed by atoms with Gasteiger partial charge in [0, 0.05) is 25.4 Å². The quantitative estimate of drug-likeness (QED) is 0.759. The molecule has 0 saturated heterocycles. The Morgan fingerprint density at radius 2 is 1.85 bits per heavy atom. The van der Waals surface area contributed by atoms with Crippen LogP contribution in [-0.4, -0.2) is 39.4 Å². The summed E-state index contributed by atoms with van der Waals surface area (Å²) in [6, 6.07) is 7.24. The molecule has 2 N–H and O–H groups in total. The Kier molecular flexibility index (Phi) is 6.51. The Balaban J connectivity index is 1.40. The van der Waals surface area contributed by atoms with Gasteiger partial charge in [-0.2, -0.15) is 0 Å². The van der Waals surface area contributed by atoms with Crippen LogP contribution in [0.1, 0.15) is 44.9 Å². The van der Waals surface area contributed by atoms with Crippen molar-refractivity contribution in [3.63, 3.8) is 0 Å². The summed E-state index contributed by atoms with van der Waals surface area (Å²) >= 11 is 0. The lowest BCUT2D eigenvalue weighted by Crippen LogP contribution is -2.38. The molecule has 2 amide bonds. The van der Waals surface area contributed by atoms with Gasteiger partial charge in [-0.3, -0.25) is 14.4 Å². The Morgan fingerprint density at radius 3 is 2.67 bits per heavy atom. The summed E-state index contributed by atoms with van der Waals surface area (Å²) in [4.78, 5) is 36.2. The number of hydrogen-bond acceptors (Lipinski definition) is 5. The van der Waals surface area contributed by atoms with Gasteiger partial charge in [0.25, 0.3) is 5.56 Å². The van der Waals surface area contributed by atoms with Crippen molar-refractivity contribution in [3.05, 3.63) is 34.6 Å². The number of benzene rings is 1. The van der Waals surface area contributed by atoms with Crippen molar-refractivity contribution >= 4 is 22.7 Å². The number of hydrogen-bond donors (Lipinski definition) is 2. The van der Waals surface area contributed by atoms with E-state index in [4.69, 9.17) is 0 Å². The molecule has 0 bridgehead atoms. The molecule has 1 fully saturated rings. The average molecular weight is 371 g/mol. The third-order valence-corrected chi connectivity index (χ3v) is 4.82. The first-order valence-electron chi connectivity index (χ1n) is 9.52. The summed E-state index contributed by atoms with van der Waals surface area (Å²) in [5, 5.41) is 14.1. The number of carbonyl (C=O) groups is 2. The minimum Gasteiger partial charge on any atom is -0.356 e. The molecule has 8 heteroatoms. The Bertz CT molecular complexity index is 858. The number of fused-ring (bicyclic) bond motifs is 1. The van der Waals surface area contributed by atoms with E-state index in [9.17, 15) is 14.4 Å². The van der Waals surface area contributed by atoms with Crippen LogP contribution in [0, 0.1) is 0 Å². The monoisotopic (exact) mass is 371 g/mol. The van der Waals surface area contributed by atoms with Gasteiger partial charge in [-0.25, -0.2) is 4.68 Å². The molecule has 27 heavy (non-hydrogen) atoms. The maximum absolute atomic E-state index is 12.3. The number of amides is 2. The van der Waals surface area contributed by atoms with Crippen molar-refractivity contribution in [1.29, 1.82) is 0 Å². The second-order valence-electron chi connectivity index (χ2n) is 6.89. The summed E-state index contributed by atoms with van der Waals surface area (Å²) in [5.41, 5.74) is 0.271. The van der Waals surface area contributed by atoms with Crippen LogP contribution in [0.2, 0.25) is 0 Å². The molecule has 8 nitrogen and oxygen atoms in total. The van der Waals surface area contributed by atoms with E-state index in [2.05, 4.69) is 20.9 Å². The smallest absolute Gasteiger partial charge is 0.277 e. The van der Waals surface area contributed by atoms with Crippen molar-refractivity contribution in [1.82, 2.24) is 25.6 Å². The molecule has 0 radical (unpaired) electrons. The fourth-order valence-electron chi connectivity index (χ4n) is 3.33. The third kappa shape index (κ3) is 5.35. The molecule has 1 heterocycles. The van der Waals surface area contributed by atoms with Gasteiger partial charge >= 0.3 is 0 Å². The largest absolute Gasteiger partial charge is 0.356 e. The van der Waals surface area contributed by atoms with E-state index in [1.165, 1.54) is 23.9 Å². The minimum atomic E-state index is -0.264. The van der Waals surface area contributed by atoms with E-state index in [1.807, 2.05) is 0 Å². The van der Waals surface area contributed by atoms with E-state index in [1.54, 1.807) is 24.3 Å². The average Bonchev–Trinajstić information content (AvgIpc) is 2.68. The lowest BCUT2D eigenvalue weighted by molar-refractivity contribution is -0.123. The number of nitrogens with one attached hydrogen (secondary N) is 2. The molecule has 1 aliphatic rings. The predicted molar refractivity (Wildman–Crippen MR) is 101 cm³/mol. The van der Waals surface area contributed by atoms with Gasteiger partial charge in [-0.15, -0.1) is 5.10 Å². The summed E-state index contributed by atoms with van der Waals surface area (Å²) in [6.45, 7) is 0.437. The Morgan fingerprint density at radius 1 is 1.07 bits per heavy atom. The zero-order valence-corrected chi connectivity index (χ0v) is 15.3. The molecule has 0 spiro atoms. The van der Waals surface area contributed by atoms with Crippen LogP contribution >= 0.6 is 0 Å². The molecule has 2 aromatic rings. The molecular formula is C19H25N5O3. The molecule has 1 aliphatic carbocycles. The highest BCUT2D eigenvalue weighted by atomic mass is 16.2. The van der Waals surface area contributed by atoms with E-state index >= 15 is 0 Å². The summed E-state index contributed by atoms with van der Waals surface area (Å²) in [7, 11) is 0. The Labute approximate surface area is 157 Å².